The van der Waals surface area contributed by atoms with Gasteiger partial charge in [0, 0.05) is 19.4 Å². The minimum absolute atomic E-state index is 0.152. The molecule has 1 atom stereocenters. The van der Waals surface area contributed by atoms with Crippen LogP contribution in [-0.4, -0.2) is 27.2 Å². The molecule has 0 radical (unpaired) electrons. The quantitative estimate of drug-likeness (QED) is 0.261. The summed E-state index contributed by atoms with van der Waals surface area (Å²) in [5.41, 5.74) is 3.98. The lowest BCUT2D eigenvalue weighted by Gasteiger charge is -2.21. The van der Waals surface area contributed by atoms with Crippen molar-refractivity contribution in [2.75, 3.05) is 21.3 Å². The first-order chi connectivity index (χ1) is 16.6. The van der Waals surface area contributed by atoms with Crippen LogP contribution in [0.2, 0.25) is 0 Å². The Morgan fingerprint density at radius 1 is 0.824 bits per heavy atom. The van der Waals surface area contributed by atoms with Crippen LogP contribution in [-0.2, 0) is 4.79 Å². The average molecular weight is 466 g/mol. The van der Waals surface area contributed by atoms with E-state index in [0.29, 0.717) is 12.3 Å². The molecule has 0 saturated carbocycles. The first-order valence-electron chi connectivity index (χ1n) is 12.8. The van der Waals surface area contributed by atoms with E-state index in [2.05, 4.69) is 54.7 Å². The standard InChI is InChI=1S/C30H43NO3/c1-5-28(24-16-20-26(33-3)21-17-24)29(25-18-22-27(34-4)23-19-25)14-12-10-8-6-7-9-11-13-15-30(32)31-2/h14,16-23,28H,5-13,15H2,1-4H3,(H,31,32). The predicted octanol–water partition coefficient (Wildman–Crippen LogP) is 7.54. The van der Waals surface area contributed by atoms with Gasteiger partial charge in [0.1, 0.15) is 11.5 Å². The number of ether oxygens (including phenoxy) is 2. The van der Waals surface area contributed by atoms with Crippen molar-refractivity contribution in [3.63, 3.8) is 0 Å². The van der Waals surface area contributed by atoms with E-state index in [0.717, 1.165) is 37.2 Å². The van der Waals surface area contributed by atoms with Gasteiger partial charge in [0.15, 0.2) is 0 Å². The Bertz CT molecular complexity index is 856. The van der Waals surface area contributed by atoms with E-state index in [1.54, 1.807) is 21.3 Å². The Labute approximate surface area is 206 Å². The Morgan fingerprint density at radius 2 is 1.35 bits per heavy atom. The third kappa shape index (κ3) is 9.24. The number of benzene rings is 2. The zero-order chi connectivity index (χ0) is 24.6. The molecular formula is C30H43NO3. The zero-order valence-corrected chi connectivity index (χ0v) is 21.6. The molecule has 186 valence electrons. The maximum absolute atomic E-state index is 11.3. The largest absolute Gasteiger partial charge is 0.497 e. The van der Waals surface area contributed by atoms with Gasteiger partial charge in [-0.25, -0.2) is 0 Å². The Balaban J connectivity index is 1.95. The van der Waals surface area contributed by atoms with Gasteiger partial charge >= 0.3 is 0 Å². The van der Waals surface area contributed by atoms with Gasteiger partial charge in [-0.15, -0.1) is 0 Å². The Hall–Kier alpha value is -2.75. The number of carbonyl (C=O) groups is 1. The molecule has 2 aromatic carbocycles. The van der Waals surface area contributed by atoms with Gasteiger partial charge in [0.2, 0.25) is 5.91 Å². The first kappa shape index (κ1) is 27.5. The third-order valence-electron chi connectivity index (χ3n) is 6.48. The fourth-order valence-corrected chi connectivity index (χ4v) is 4.41. The summed E-state index contributed by atoms with van der Waals surface area (Å²) in [6.07, 6.45) is 13.6. The maximum atomic E-state index is 11.3. The lowest BCUT2D eigenvalue weighted by molar-refractivity contribution is -0.120. The van der Waals surface area contributed by atoms with E-state index >= 15 is 0 Å². The molecule has 2 aromatic rings. The van der Waals surface area contributed by atoms with E-state index in [9.17, 15) is 4.79 Å². The summed E-state index contributed by atoms with van der Waals surface area (Å²) in [6, 6.07) is 16.9. The first-order valence-corrected chi connectivity index (χ1v) is 12.8. The van der Waals surface area contributed by atoms with Crippen LogP contribution in [0.4, 0.5) is 0 Å². The molecule has 1 unspecified atom stereocenters. The topological polar surface area (TPSA) is 47.6 Å². The molecule has 0 aliphatic rings. The second-order valence-corrected chi connectivity index (χ2v) is 8.81. The van der Waals surface area contributed by atoms with Crippen LogP contribution in [0.3, 0.4) is 0 Å². The Morgan fingerprint density at radius 3 is 1.88 bits per heavy atom. The van der Waals surface area contributed by atoms with Crippen LogP contribution in [0.25, 0.3) is 5.57 Å². The number of carbonyl (C=O) groups excluding carboxylic acids is 1. The van der Waals surface area contributed by atoms with Crippen molar-refractivity contribution >= 4 is 11.5 Å². The van der Waals surface area contributed by atoms with Gasteiger partial charge in [-0.3, -0.25) is 4.79 Å². The summed E-state index contributed by atoms with van der Waals surface area (Å²) in [7, 11) is 5.12. The second kappa shape index (κ2) is 16.0. The number of hydrogen-bond donors (Lipinski definition) is 1. The summed E-state index contributed by atoms with van der Waals surface area (Å²) in [5, 5.41) is 2.69. The predicted molar refractivity (Wildman–Crippen MR) is 143 cm³/mol. The molecule has 0 spiro atoms. The number of rotatable bonds is 16. The fourth-order valence-electron chi connectivity index (χ4n) is 4.41. The normalized spacial score (nSPS) is 12.3. The Kier molecular flexibility index (Phi) is 12.9. The monoisotopic (exact) mass is 465 g/mol. The minimum Gasteiger partial charge on any atom is -0.497 e. The number of unbranched alkanes of at least 4 members (excludes halogenated alkanes) is 7. The molecule has 1 amide bonds. The van der Waals surface area contributed by atoms with Crippen LogP contribution < -0.4 is 14.8 Å². The molecule has 1 N–H and O–H groups in total. The summed E-state index contributed by atoms with van der Waals surface area (Å²) in [6.45, 7) is 2.26. The molecule has 0 fully saturated rings. The molecule has 0 saturated heterocycles. The van der Waals surface area contributed by atoms with Crippen molar-refractivity contribution in [1.29, 1.82) is 0 Å². The average Bonchev–Trinajstić information content (AvgIpc) is 2.89. The number of allylic oxidation sites excluding steroid dienone is 2. The highest BCUT2D eigenvalue weighted by Gasteiger charge is 2.17. The van der Waals surface area contributed by atoms with Crippen LogP contribution in [0.1, 0.15) is 88.2 Å². The molecule has 2 rings (SSSR count). The molecule has 0 heterocycles. The number of methoxy groups -OCH3 is 2. The van der Waals surface area contributed by atoms with Gasteiger partial charge in [-0.2, -0.15) is 0 Å². The molecule has 0 bridgehead atoms. The molecule has 0 aromatic heterocycles. The van der Waals surface area contributed by atoms with Gasteiger partial charge in [-0.1, -0.05) is 69.4 Å². The van der Waals surface area contributed by atoms with Crippen molar-refractivity contribution in [1.82, 2.24) is 5.32 Å². The number of nitrogens with one attached hydrogen (secondary N) is 1. The van der Waals surface area contributed by atoms with Crippen LogP contribution in [0, 0.1) is 0 Å². The zero-order valence-electron chi connectivity index (χ0n) is 21.6. The SMILES string of the molecule is CCC(C(=CCCCCCCCCCC(=O)NC)c1ccc(OC)cc1)c1ccc(OC)cc1. The van der Waals surface area contributed by atoms with Crippen molar-refractivity contribution in [3.05, 3.63) is 65.7 Å². The molecule has 4 nitrogen and oxygen atoms in total. The summed E-state index contributed by atoms with van der Waals surface area (Å²) in [5.74, 6) is 2.28. The summed E-state index contributed by atoms with van der Waals surface area (Å²) in [4.78, 5) is 11.3. The van der Waals surface area contributed by atoms with Crippen LogP contribution in [0.5, 0.6) is 11.5 Å². The molecule has 34 heavy (non-hydrogen) atoms. The molecule has 4 heteroatoms. The highest BCUT2D eigenvalue weighted by Crippen LogP contribution is 2.36. The summed E-state index contributed by atoms with van der Waals surface area (Å²) < 4.78 is 10.7. The van der Waals surface area contributed by atoms with Crippen LogP contribution >= 0.6 is 0 Å². The van der Waals surface area contributed by atoms with Gasteiger partial charge in [0.05, 0.1) is 14.2 Å². The smallest absolute Gasteiger partial charge is 0.219 e. The lowest BCUT2D eigenvalue weighted by Crippen LogP contribution is -2.16. The fraction of sp³-hybridized carbons (Fsp3) is 0.500. The van der Waals surface area contributed by atoms with E-state index in [1.165, 1.54) is 48.8 Å². The van der Waals surface area contributed by atoms with E-state index < -0.39 is 0 Å². The molecule has 0 aliphatic carbocycles. The second-order valence-electron chi connectivity index (χ2n) is 8.81. The maximum Gasteiger partial charge on any atom is 0.219 e. The minimum atomic E-state index is 0.152. The van der Waals surface area contributed by atoms with Gasteiger partial charge in [0.25, 0.3) is 0 Å². The van der Waals surface area contributed by atoms with E-state index in [1.807, 2.05) is 12.1 Å². The van der Waals surface area contributed by atoms with Crippen molar-refractivity contribution in [3.8, 4) is 11.5 Å². The summed E-state index contributed by atoms with van der Waals surface area (Å²) >= 11 is 0. The van der Waals surface area contributed by atoms with Gasteiger partial charge < -0.3 is 14.8 Å². The van der Waals surface area contributed by atoms with Crippen molar-refractivity contribution < 1.29 is 14.3 Å². The molecular weight excluding hydrogens is 422 g/mol. The van der Waals surface area contributed by atoms with Crippen LogP contribution in [0.15, 0.2) is 54.6 Å². The van der Waals surface area contributed by atoms with E-state index in [4.69, 9.17) is 9.47 Å². The number of amides is 1. The van der Waals surface area contributed by atoms with E-state index in [-0.39, 0.29) is 5.91 Å². The highest BCUT2D eigenvalue weighted by atomic mass is 16.5. The van der Waals surface area contributed by atoms with Gasteiger partial charge in [-0.05, 0) is 66.6 Å². The third-order valence-corrected chi connectivity index (χ3v) is 6.48. The highest BCUT2D eigenvalue weighted by molar-refractivity contribution is 5.75. The van der Waals surface area contributed by atoms with Crippen molar-refractivity contribution in [2.24, 2.45) is 0 Å². The lowest BCUT2D eigenvalue weighted by atomic mass is 9.84. The molecule has 0 aliphatic heterocycles. The van der Waals surface area contributed by atoms with Crippen molar-refractivity contribution in [2.45, 2.75) is 77.0 Å². The number of hydrogen-bond acceptors (Lipinski definition) is 3.